The molecule has 1 atom stereocenters. The minimum atomic E-state index is -0.463. The highest BCUT2D eigenvalue weighted by molar-refractivity contribution is 5.24. The molecule has 4 heteroatoms. The molecular weight excluding hydrogens is 266 g/mol. The van der Waals surface area contributed by atoms with Crippen LogP contribution in [-0.2, 0) is 15.9 Å². The van der Waals surface area contributed by atoms with Crippen molar-refractivity contribution in [3.63, 3.8) is 0 Å². The summed E-state index contributed by atoms with van der Waals surface area (Å²) in [5.74, 6) is 0. The smallest absolute Gasteiger partial charge is 0.0916 e. The molecule has 1 aromatic carbocycles. The van der Waals surface area contributed by atoms with E-state index in [0.29, 0.717) is 13.2 Å². The van der Waals surface area contributed by atoms with Crippen LogP contribution in [0.4, 0.5) is 0 Å². The van der Waals surface area contributed by atoms with Crippen LogP contribution < -0.4 is 0 Å². The van der Waals surface area contributed by atoms with E-state index in [9.17, 15) is 5.11 Å². The Morgan fingerprint density at radius 1 is 1.05 bits per heavy atom. The summed E-state index contributed by atoms with van der Waals surface area (Å²) >= 11 is 0. The standard InChI is InChI=1S/C17H29NO3/c1-4-15-6-8-16(9-7-15)17(19)14-18(11-13-21-3)10-5-12-20-2/h6-9,17,19H,4-5,10-14H2,1-3H3. The van der Waals surface area contributed by atoms with Crippen molar-refractivity contribution in [2.24, 2.45) is 0 Å². The first-order valence-corrected chi connectivity index (χ1v) is 7.68. The second-order valence-corrected chi connectivity index (χ2v) is 5.25. The van der Waals surface area contributed by atoms with Crippen LogP contribution in [-0.4, -0.2) is 57.1 Å². The summed E-state index contributed by atoms with van der Waals surface area (Å²) in [6.45, 7) is 5.90. The molecule has 0 aliphatic rings. The summed E-state index contributed by atoms with van der Waals surface area (Å²) in [6.07, 6.45) is 1.52. The number of ether oxygens (including phenoxy) is 2. The first kappa shape index (κ1) is 18.1. The van der Waals surface area contributed by atoms with Crippen molar-refractivity contribution in [1.29, 1.82) is 0 Å². The van der Waals surface area contributed by atoms with E-state index >= 15 is 0 Å². The number of nitrogens with zero attached hydrogens (tertiary/aromatic N) is 1. The summed E-state index contributed by atoms with van der Waals surface area (Å²) in [5, 5.41) is 10.4. The van der Waals surface area contributed by atoms with E-state index in [1.807, 2.05) is 12.1 Å². The third-order valence-electron chi connectivity index (χ3n) is 3.64. The molecule has 0 aliphatic heterocycles. The summed E-state index contributed by atoms with van der Waals surface area (Å²) in [7, 11) is 3.41. The number of aliphatic hydroxyl groups is 1. The Morgan fingerprint density at radius 2 is 1.71 bits per heavy atom. The zero-order chi connectivity index (χ0) is 15.5. The van der Waals surface area contributed by atoms with E-state index in [1.54, 1.807) is 14.2 Å². The van der Waals surface area contributed by atoms with Gasteiger partial charge < -0.3 is 14.6 Å². The van der Waals surface area contributed by atoms with E-state index in [1.165, 1.54) is 5.56 Å². The molecule has 0 aliphatic carbocycles. The highest BCUT2D eigenvalue weighted by Gasteiger charge is 2.13. The topological polar surface area (TPSA) is 41.9 Å². The van der Waals surface area contributed by atoms with Gasteiger partial charge in [0.2, 0.25) is 0 Å². The van der Waals surface area contributed by atoms with Crippen molar-refractivity contribution >= 4 is 0 Å². The predicted octanol–water partition coefficient (Wildman–Crippen LogP) is 2.27. The lowest BCUT2D eigenvalue weighted by atomic mass is 10.1. The number of aryl methyl sites for hydroxylation is 1. The minimum Gasteiger partial charge on any atom is -0.387 e. The van der Waals surface area contributed by atoms with E-state index < -0.39 is 6.10 Å². The van der Waals surface area contributed by atoms with E-state index in [-0.39, 0.29) is 0 Å². The molecule has 0 heterocycles. The molecule has 4 nitrogen and oxygen atoms in total. The van der Waals surface area contributed by atoms with Crippen molar-refractivity contribution in [1.82, 2.24) is 4.90 Å². The number of hydrogen-bond acceptors (Lipinski definition) is 4. The minimum absolute atomic E-state index is 0.463. The quantitative estimate of drug-likeness (QED) is 0.636. The summed E-state index contributed by atoms with van der Waals surface area (Å²) in [4.78, 5) is 2.22. The van der Waals surface area contributed by atoms with Crippen LogP contribution in [0.1, 0.15) is 30.6 Å². The molecule has 0 fully saturated rings. The van der Waals surface area contributed by atoms with E-state index in [4.69, 9.17) is 9.47 Å². The van der Waals surface area contributed by atoms with Gasteiger partial charge in [0.25, 0.3) is 0 Å². The molecule has 0 saturated carbocycles. The van der Waals surface area contributed by atoms with Crippen LogP contribution >= 0.6 is 0 Å². The Kier molecular flexibility index (Phi) is 9.26. The monoisotopic (exact) mass is 295 g/mol. The fourth-order valence-electron chi connectivity index (χ4n) is 2.27. The van der Waals surface area contributed by atoms with Crippen molar-refractivity contribution in [3.8, 4) is 0 Å². The van der Waals surface area contributed by atoms with Gasteiger partial charge in [-0.1, -0.05) is 31.2 Å². The third kappa shape index (κ3) is 7.05. The molecule has 1 rings (SSSR count). The Labute approximate surface area is 128 Å². The number of aliphatic hydroxyl groups excluding tert-OH is 1. The lowest BCUT2D eigenvalue weighted by Crippen LogP contribution is -2.33. The first-order chi connectivity index (χ1) is 10.2. The van der Waals surface area contributed by atoms with E-state index in [2.05, 4.69) is 24.0 Å². The molecule has 1 aromatic rings. The fourth-order valence-corrected chi connectivity index (χ4v) is 2.27. The molecule has 21 heavy (non-hydrogen) atoms. The van der Waals surface area contributed by atoms with Gasteiger partial charge in [0.1, 0.15) is 0 Å². The molecule has 0 aromatic heterocycles. The fraction of sp³-hybridized carbons (Fsp3) is 0.647. The molecule has 120 valence electrons. The molecular formula is C17H29NO3. The van der Waals surface area contributed by atoms with Crippen LogP contribution in [0.2, 0.25) is 0 Å². The lowest BCUT2D eigenvalue weighted by molar-refractivity contribution is 0.0818. The maximum atomic E-state index is 10.4. The van der Waals surface area contributed by atoms with Gasteiger partial charge in [-0.3, -0.25) is 4.90 Å². The van der Waals surface area contributed by atoms with E-state index in [0.717, 1.165) is 38.1 Å². The third-order valence-corrected chi connectivity index (χ3v) is 3.64. The van der Waals surface area contributed by atoms with Crippen LogP contribution in [0.25, 0.3) is 0 Å². The summed E-state index contributed by atoms with van der Waals surface area (Å²) < 4.78 is 10.2. The normalized spacial score (nSPS) is 12.8. The summed E-state index contributed by atoms with van der Waals surface area (Å²) in [6, 6.07) is 8.21. The van der Waals surface area contributed by atoms with Gasteiger partial charge >= 0.3 is 0 Å². The zero-order valence-electron chi connectivity index (χ0n) is 13.5. The van der Waals surface area contributed by atoms with Gasteiger partial charge in [-0.25, -0.2) is 0 Å². The first-order valence-electron chi connectivity index (χ1n) is 7.68. The average Bonchev–Trinajstić information content (AvgIpc) is 2.52. The lowest BCUT2D eigenvalue weighted by Gasteiger charge is -2.25. The Hall–Kier alpha value is -0.940. The maximum absolute atomic E-state index is 10.4. The molecule has 1 unspecified atom stereocenters. The Balaban J connectivity index is 2.53. The highest BCUT2D eigenvalue weighted by atomic mass is 16.5. The Bertz CT molecular complexity index is 367. The predicted molar refractivity (Wildman–Crippen MR) is 85.6 cm³/mol. The van der Waals surface area contributed by atoms with Gasteiger partial charge in [0, 0.05) is 40.5 Å². The van der Waals surface area contributed by atoms with Crippen molar-refractivity contribution < 1.29 is 14.6 Å². The zero-order valence-corrected chi connectivity index (χ0v) is 13.5. The largest absolute Gasteiger partial charge is 0.387 e. The van der Waals surface area contributed by atoms with Gasteiger partial charge in [-0.05, 0) is 24.0 Å². The Morgan fingerprint density at radius 3 is 2.29 bits per heavy atom. The SMILES string of the molecule is CCc1ccc(C(O)CN(CCCOC)CCOC)cc1. The number of benzene rings is 1. The number of methoxy groups -OCH3 is 2. The molecule has 1 N–H and O–H groups in total. The second-order valence-electron chi connectivity index (χ2n) is 5.25. The average molecular weight is 295 g/mol. The molecule has 0 saturated heterocycles. The highest BCUT2D eigenvalue weighted by Crippen LogP contribution is 2.15. The number of rotatable bonds is 11. The maximum Gasteiger partial charge on any atom is 0.0916 e. The van der Waals surface area contributed by atoms with Crippen LogP contribution in [0, 0.1) is 0 Å². The molecule has 0 spiro atoms. The summed E-state index contributed by atoms with van der Waals surface area (Å²) in [5.41, 5.74) is 2.27. The van der Waals surface area contributed by atoms with Gasteiger partial charge in [-0.2, -0.15) is 0 Å². The molecule has 0 amide bonds. The molecule has 0 bridgehead atoms. The van der Waals surface area contributed by atoms with Crippen LogP contribution in [0.5, 0.6) is 0 Å². The second kappa shape index (κ2) is 10.7. The van der Waals surface area contributed by atoms with Crippen molar-refractivity contribution in [2.75, 3.05) is 47.1 Å². The van der Waals surface area contributed by atoms with Gasteiger partial charge in [0.05, 0.1) is 12.7 Å². The van der Waals surface area contributed by atoms with Crippen LogP contribution in [0.15, 0.2) is 24.3 Å². The van der Waals surface area contributed by atoms with Crippen molar-refractivity contribution in [3.05, 3.63) is 35.4 Å². The van der Waals surface area contributed by atoms with Gasteiger partial charge in [0.15, 0.2) is 0 Å². The number of hydrogen-bond donors (Lipinski definition) is 1. The van der Waals surface area contributed by atoms with Crippen LogP contribution in [0.3, 0.4) is 0 Å². The van der Waals surface area contributed by atoms with Crippen molar-refractivity contribution in [2.45, 2.75) is 25.9 Å². The molecule has 0 radical (unpaired) electrons. The van der Waals surface area contributed by atoms with Gasteiger partial charge in [-0.15, -0.1) is 0 Å².